The number of nitrogens with zero attached hydrogens (tertiary/aromatic N) is 4. The number of benzene rings is 1. The van der Waals surface area contributed by atoms with Crippen LogP contribution < -0.4 is 0 Å². The number of imidazole rings is 1. The van der Waals surface area contributed by atoms with Crippen molar-refractivity contribution < 1.29 is 5.11 Å². The van der Waals surface area contributed by atoms with Crippen LogP contribution in [-0.2, 0) is 13.0 Å². The lowest BCUT2D eigenvalue weighted by atomic mass is 10.1. The molecule has 1 aromatic carbocycles. The molecule has 1 atom stereocenters. The molecule has 0 aliphatic rings. The Morgan fingerprint density at radius 2 is 1.92 bits per heavy atom. The maximum atomic E-state index is 10.6. The highest BCUT2D eigenvalue weighted by Crippen LogP contribution is 2.24. The molecule has 0 saturated carbocycles. The molecule has 3 heterocycles. The third kappa shape index (κ3) is 2.93. The van der Waals surface area contributed by atoms with E-state index < -0.39 is 6.10 Å². The van der Waals surface area contributed by atoms with Crippen molar-refractivity contribution in [3.8, 4) is 0 Å². The topological polar surface area (TPSA) is 63.8 Å². The first-order chi connectivity index (χ1) is 11.8. The fraction of sp³-hybridized carbons (Fsp3) is 0.167. The molecule has 0 unspecified atom stereocenters. The Kier molecular flexibility index (Phi) is 4.06. The number of fused-ring (bicyclic) bond motifs is 1. The van der Waals surface area contributed by atoms with E-state index in [0.717, 1.165) is 10.5 Å². The molecule has 24 heavy (non-hydrogen) atoms. The molecule has 5 nitrogen and oxygen atoms in total. The highest BCUT2D eigenvalue weighted by molar-refractivity contribution is 7.09. The number of aromatic nitrogens is 4. The molecule has 4 rings (SSSR count). The van der Waals surface area contributed by atoms with Gasteiger partial charge < -0.3 is 9.67 Å². The van der Waals surface area contributed by atoms with Crippen LogP contribution in [0.4, 0.5) is 0 Å². The fourth-order valence-electron chi connectivity index (χ4n) is 2.75. The number of hydrogen-bond acceptors (Lipinski definition) is 5. The van der Waals surface area contributed by atoms with Crippen molar-refractivity contribution in [3.05, 3.63) is 76.6 Å². The molecule has 0 saturated heterocycles. The van der Waals surface area contributed by atoms with Crippen molar-refractivity contribution in [2.75, 3.05) is 0 Å². The molecule has 0 spiro atoms. The van der Waals surface area contributed by atoms with Gasteiger partial charge in [0.25, 0.3) is 0 Å². The van der Waals surface area contributed by atoms with Crippen LogP contribution in [0, 0.1) is 0 Å². The Morgan fingerprint density at radius 1 is 1.04 bits per heavy atom. The van der Waals surface area contributed by atoms with Crippen molar-refractivity contribution in [3.63, 3.8) is 0 Å². The number of thiophene rings is 1. The second-order valence-corrected chi connectivity index (χ2v) is 6.62. The molecule has 0 fully saturated rings. The molecule has 0 aliphatic carbocycles. The Labute approximate surface area is 143 Å². The third-order valence-electron chi connectivity index (χ3n) is 3.92. The highest BCUT2D eigenvalue weighted by Gasteiger charge is 2.18. The summed E-state index contributed by atoms with van der Waals surface area (Å²) in [4.78, 5) is 14.2. The van der Waals surface area contributed by atoms with Gasteiger partial charge in [0, 0.05) is 11.3 Å². The average molecular weight is 336 g/mol. The zero-order valence-corrected chi connectivity index (χ0v) is 13.7. The monoisotopic (exact) mass is 336 g/mol. The van der Waals surface area contributed by atoms with Gasteiger partial charge in [0.15, 0.2) is 5.65 Å². The first-order valence-electron chi connectivity index (χ1n) is 7.71. The van der Waals surface area contributed by atoms with Crippen LogP contribution in [0.3, 0.4) is 0 Å². The van der Waals surface area contributed by atoms with Crippen LogP contribution in [0.5, 0.6) is 0 Å². The number of rotatable bonds is 5. The molecule has 0 aliphatic heterocycles. The van der Waals surface area contributed by atoms with Gasteiger partial charge in [-0.1, -0.05) is 36.4 Å². The van der Waals surface area contributed by atoms with Crippen LogP contribution in [0.2, 0.25) is 0 Å². The summed E-state index contributed by atoms with van der Waals surface area (Å²) in [5, 5.41) is 12.6. The molecule has 0 bridgehead atoms. The van der Waals surface area contributed by atoms with Crippen molar-refractivity contribution in [1.29, 1.82) is 0 Å². The lowest BCUT2D eigenvalue weighted by molar-refractivity contribution is 0.176. The molecule has 3 aromatic heterocycles. The standard InChI is InChI=1S/C18H16N4OS/c23-15(9-14-7-4-8-24-14)16-17-18(20-11-19-16)22(12-21-17)10-13-5-2-1-3-6-13/h1-8,11-12,15,23H,9-10H2/t15-/m0/s1. The second kappa shape index (κ2) is 6.51. The zero-order valence-electron chi connectivity index (χ0n) is 12.9. The van der Waals surface area contributed by atoms with Gasteiger partial charge in [-0.05, 0) is 17.0 Å². The van der Waals surface area contributed by atoms with Crippen LogP contribution >= 0.6 is 11.3 Å². The fourth-order valence-corrected chi connectivity index (χ4v) is 3.50. The molecular weight excluding hydrogens is 320 g/mol. The van der Waals surface area contributed by atoms with Crippen molar-refractivity contribution in [2.45, 2.75) is 19.1 Å². The van der Waals surface area contributed by atoms with E-state index in [1.165, 1.54) is 11.9 Å². The van der Waals surface area contributed by atoms with Crippen LogP contribution in [0.15, 0.2) is 60.5 Å². The van der Waals surface area contributed by atoms with E-state index in [1.807, 2.05) is 40.3 Å². The van der Waals surface area contributed by atoms with Gasteiger partial charge in [0.05, 0.1) is 12.9 Å². The molecule has 1 N–H and O–H groups in total. The Hall–Kier alpha value is -2.57. The molecule has 0 amide bonds. The quantitative estimate of drug-likeness (QED) is 0.608. The maximum absolute atomic E-state index is 10.6. The van der Waals surface area contributed by atoms with Gasteiger partial charge in [-0.2, -0.15) is 0 Å². The zero-order chi connectivity index (χ0) is 16.4. The van der Waals surface area contributed by atoms with E-state index in [0.29, 0.717) is 24.2 Å². The average Bonchev–Trinajstić information content (AvgIpc) is 3.26. The third-order valence-corrected chi connectivity index (χ3v) is 4.81. The number of aliphatic hydroxyl groups is 1. The van der Waals surface area contributed by atoms with Crippen molar-refractivity contribution in [1.82, 2.24) is 19.5 Å². The highest BCUT2D eigenvalue weighted by atomic mass is 32.1. The largest absolute Gasteiger partial charge is 0.386 e. The summed E-state index contributed by atoms with van der Waals surface area (Å²) in [6.07, 6.45) is 3.11. The minimum absolute atomic E-state index is 0.537. The van der Waals surface area contributed by atoms with Crippen LogP contribution in [-0.4, -0.2) is 24.6 Å². The van der Waals surface area contributed by atoms with Crippen LogP contribution in [0.1, 0.15) is 22.2 Å². The van der Waals surface area contributed by atoms with E-state index in [-0.39, 0.29) is 0 Å². The van der Waals surface area contributed by atoms with Gasteiger partial charge >= 0.3 is 0 Å². The predicted molar refractivity (Wildman–Crippen MR) is 93.8 cm³/mol. The molecule has 6 heteroatoms. The van der Waals surface area contributed by atoms with E-state index in [9.17, 15) is 5.11 Å². The summed E-state index contributed by atoms with van der Waals surface area (Å²) in [6.45, 7) is 0.689. The van der Waals surface area contributed by atoms with E-state index in [2.05, 4.69) is 27.1 Å². The van der Waals surface area contributed by atoms with Crippen LogP contribution in [0.25, 0.3) is 11.2 Å². The smallest absolute Gasteiger partial charge is 0.163 e. The summed E-state index contributed by atoms with van der Waals surface area (Å²) in [6, 6.07) is 14.2. The number of hydrogen-bond donors (Lipinski definition) is 1. The summed E-state index contributed by atoms with van der Waals surface area (Å²) in [5.74, 6) is 0. The maximum Gasteiger partial charge on any atom is 0.163 e. The molecular formula is C18H16N4OS. The summed E-state index contributed by atoms with van der Waals surface area (Å²) in [5.41, 5.74) is 3.17. The summed E-state index contributed by atoms with van der Waals surface area (Å²) in [7, 11) is 0. The van der Waals surface area contributed by atoms with Gasteiger partial charge in [-0.25, -0.2) is 15.0 Å². The van der Waals surface area contributed by atoms with Crippen molar-refractivity contribution in [2.24, 2.45) is 0 Å². The lowest BCUT2D eigenvalue weighted by Crippen LogP contribution is -2.06. The first kappa shape index (κ1) is 15.0. The van der Waals surface area contributed by atoms with E-state index >= 15 is 0 Å². The van der Waals surface area contributed by atoms with Gasteiger partial charge in [0.2, 0.25) is 0 Å². The number of aliphatic hydroxyl groups excluding tert-OH is 1. The Balaban J connectivity index is 1.66. The van der Waals surface area contributed by atoms with Gasteiger partial charge in [-0.3, -0.25) is 0 Å². The summed E-state index contributed by atoms with van der Waals surface area (Å²) >= 11 is 1.63. The normalized spacial score (nSPS) is 12.5. The van der Waals surface area contributed by atoms with Gasteiger partial charge in [0.1, 0.15) is 23.6 Å². The second-order valence-electron chi connectivity index (χ2n) is 5.59. The minimum Gasteiger partial charge on any atom is -0.386 e. The molecule has 120 valence electrons. The lowest BCUT2D eigenvalue weighted by Gasteiger charge is -2.09. The van der Waals surface area contributed by atoms with Gasteiger partial charge in [-0.15, -0.1) is 11.3 Å². The molecule has 0 radical (unpaired) electrons. The first-order valence-corrected chi connectivity index (χ1v) is 8.59. The minimum atomic E-state index is -0.686. The predicted octanol–water partition coefficient (Wildman–Crippen LogP) is 3.21. The summed E-state index contributed by atoms with van der Waals surface area (Å²) < 4.78 is 1.98. The van der Waals surface area contributed by atoms with E-state index in [1.54, 1.807) is 17.7 Å². The SMILES string of the molecule is O[C@@H](Cc1cccs1)c1ncnc2c1ncn2Cc1ccccc1. The molecule has 4 aromatic rings. The van der Waals surface area contributed by atoms with E-state index in [4.69, 9.17) is 0 Å². The van der Waals surface area contributed by atoms with Crippen molar-refractivity contribution >= 4 is 22.5 Å². The Morgan fingerprint density at radius 3 is 2.71 bits per heavy atom. The Bertz CT molecular complexity index is 934.